The first-order chi connectivity index (χ1) is 10.1. The summed E-state index contributed by atoms with van der Waals surface area (Å²) >= 11 is 0. The van der Waals surface area contributed by atoms with E-state index in [2.05, 4.69) is 37.9 Å². The van der Waals surface area contributed by atoms with E-state index in [-0.39, 0.29) is 0 Å². The van der Waals surface area contributed by atoms with Crippen molar-refractivity contribution in [2.45, 2.75) is 72.3 Å². The Morgan fingerprint density at radius 3 is 2.38 bits per heavy atom. The molecule has 0 bridgehead atoms. The molecule has 0 aromatic heterocycles. The summed E-state index contributed by atoms with van der Waals surface area (Å²) in [6.07, 6.45) is 8.54. The van der Waals surface area contributed by atoms with Crippen LogP contribution < -0.4 is 5.32 Å². The van der Waals surface area contributed by atoms with Gasteiger partial charge < -0.3 is 10.2 Å². The van der Waals surface area contributed by atoms with Crippen LogP contribution in [0.15, 0.2) is 0 Å². The average Bonchev–Trinajstić information content (AvgIpc) is 3.25. The lowest BCUT2D eigenvalue weighted by Crippen LogP contribution is -2.47. The first kappa shape index (κ1) is 17.3. The zero-order chi connectivity index (χ0) is 15.2. The number of rotatable bonds is 9. The van der Waals surface area contributed by atoms with Crippen molar-refractivity contribution in [3.05, 3.63) is 0 Å². The van der Waals surface area contributed by atoms with Gasteiger partial charge in [-0.1, -0.05) is 27.7 Å². The van der Waals surface area contributed by atoms with Gasteiger partial charge in [-0.3, -0.25) is 0 Å². The highest BCUT2D eigenvalue weighted by molar-refractivity contribution is 4.88. The van der Waals surface area contributed by atoms with Gasteiger partial charge in [-0.2, -0.15) is 0 Å². The standard InChI is InChI=1S/C19H38N2/c1-5-11-21(13-16-7-8-16)14-18-12-17(15(3)4)9-10-19(18)20-6-2/h15-20H,5-14H2,1-4H3. The molecule has 2 fully saturated rings. The molecule has 0 amide bonds. The van der Waals surface area contributed by atoms with Crippen molar-refractivity contribution >= 4 is 0 Å². The van der Waals surface area contributed by atoms with E-state index in [9.17, 15) is 0 Å². The van der Waals surface area contributed by atoms with Crippen LogP contribution in [0.5, 0.6) is 0 Å². The molecule has 0 aliphatic heterocycles. The van der Waals surface area contributed by atoms with E-state index in [0.29, 0.717) is 0 Å². The fraction of sp³-hybridized carbons (Fsp3) is 1.00. The summed E-state index contributed by atoms with van der Waals surface area (Å²) in [6, 6.07) is 0.767. The molecule has 2 saturated carbocycles. The quantitative estimate of drug-likeness (QED) is 0.687. The molecule has 0 saturated heterocycles. The molecule has 0 spiro atoms. The van der Waals surface area contributed by atoms with Crippen molar-refractivity contribution in [1.29, 1.82) is 0 Å². The third-order valence-corrected chi connectivity index (χ3v) is 5.68. The number of nitrogens with one attached hydrogen (secondary N) is 1. The lowest BCUT2D eigenvalue weighted by Gasteiger charge is -2.40. The Kier molecular flexibility index (Phi) is 7.01. The molecule has 0 aromatic carbocycles. The SMILES string of the molecule is CCCN(CC1CC1)CC1CC(C(C)C)CCC1NCC. The highest BCUT2D eigenvalue weighted by Crippen LogP contribution is 2.35. The van der Waals surface area contributed by atoms with E-state index in [1.54, 1.807) is 0 Å². The fourth-order valence-corrected chi connectivity index (χ4v) is 4.21. The van der Waals surface area contributed by atoms with E-state index in [1.807, 2.05) is 0 Å². The van der Waals surface area contributed by atoms with Crippen LogP contribution >= 0.6 is 0 Å². The van der Waals surface area contributed by atoms with Gasteiger partial charge in [0.1, 0.15) is 0 Å². The summed E-state index contributed by atoms with van der Waals surface area (Å²) in [5.41, 5.74) is 0. The molecule has 2 aliphatic carbocycles. The number of hydrogen-bond acceptors (Lipinski definition) is 2. The zero-order valence-corrected chi connectivity index (χ0v) is 14.9. The Balaban J connectivity index is 1.92. The molecular formula is C19H38N2. The molecule has 3 atom stereocenters. The summed E-state index contributed by atoms with van der Waals surface area (Å²) < 4.78 is 0. The summed E-state index contributed by atoms with van der Waals surface area (Å²) in [6.45, 7) is 14.6. The van der Waals surface area contributed by atoms with Crippen molar-refractivity contribution in [2.24, 2.45) is 23.7 Å². The lowest BCUT2D eigenvalue weighted by molar-refractivity contribution is 0.119. The Morgan fingerprint density at radius 1 is 1.05 bits per heavy atom. The highest BCUT2D eigenvalue weighted by atomic mass is 15.1. The second-order valence-corrected chi connectivity index (χ2v) is 7.94. The van der Waals surface area contributed by atoms with Crippen LogP contribution in [0.3, 0.4) is 0 Å². The van der Waals surface area contributed by atoms with Gasteiger partial charge in [0, 0.05) is 19.1 Å². The summed E-state index contributed by atoms with van der Waals surface area (Å²) in [5.74, 6) is 3.71. The molecule has 1 N–H and O–H groups in total. The minimum absolute atomic E-state index is 0.767. The van der Waals surface area contributed by atoms with E-state index in [4.69, 9.17) is 0 Å². The van der Waals surface area contributed by atoms with Gasteiger partial charge in [-0.15, -0.1) is 0 Å². The van der Waals surface area contributed by atoms with Gasteiger partial charge >= 0.3 is 0 Å². The maximum Gasteiger partial charge on any atom is 0.0108 e. The maximum atomic E-state index is 3.78. The predicted molar refractivity (Wildman–Crippen MR) is 92.6 cm³/mol. The first-order valence-corrected chi connectivity index (χ1v) is 9.59. The largest absolute Gasteiger partial charge is 0.314 e. The van der Waals surface area contributed by atoms with Gasteiger partial charge in [-0.25, -0.2) is 0 Å². The van der Waals surface area contributed by atoms with Crippen molar-refractivity contribution in [3.8, 4) is 0 Å². The second kappa shape index (κ2) is 8.53. The zero-order valence-electron chi connectivity index (χ0n) is 14.9. The van der Waals surface area contributed by atoms with Crippen LogP contribution in [0.4, 0.5) is 0 Å². The first-order valence-electron chi connectivity index (χ1n) is 9.59. The molecule has 2 rings (SSSR count). The van der Waals surface area contributed by atoms with E-state index >= 15 is 0 Å². The normalized spacial score (nSPS) is 30.3. The molecular weight excluding hydrogens is 256 g/mol. The molecule has 2 nitrogen and oxygen atoms in total. The van der Waals surface area contributed by atoms with Crippen molar-refractivity contribution in [1.82, 2.24) is 10.2 Å². The molecule has 124 valence electrons. The van der Waals surface area contributed by atoms with E-state index < -0.39 is 0 Å². The second-order valence-electron chi connectivity index (χ2n) is 7.94. The number of nitrogens with zero attached hydrogens (tertiary/aromatic N) is 1. The Hall–Kier alpha value is -0.0800. The smallest absolute Gasteiger partial charge is 0.0108 e. The Morgan fingerprint density at radius 2 is 1.81 bits per heavy atom. The van der Waals surface area contributed by atoms with Crippen molar-refractivity contribution < 1.29 is 0 Å². The van der Waals surface area contributed by atoms with Crippen LogP contribution in [-0.4, -0.2) is 37.1 Å². The summed E-state index contributed by atoms with van der Waals surface area (Å²) in [4.78, 5) is 2.79. The Labute approximate surface area is 133 Å². The Bertz CT molecular complexity index is 285. The highest BCUT2D eigenvalue weighted by Gasteiger charge is 2.33. The minimum Gasteiger partial charge on any atom is -0.314 e. The fourth-order valence-electron chi connectivity index (χ4n) is 4.21. The van der Waals surface area contributed by atoms with E-state index in [0.717, 1.165) is 36.3 Å². The molecule has 2 heteroatoms. The average molecular weight is 295 g/mol. The minimum atomic E-state index is 0.767. The van der Waals surface area contributed by atoms with E-state index in [1.165, 1.54) is 58.2 Å². The molecule has 2 aliphatic rings. The predicted octanol–water partition coefficient (Wildman–Crippen LogP) is 4.16. The lowest BCUT2D eigenvalue weighted by atomic mass is 9.73. The van der Waals surface area contributed by atoms with Crippen LogP contribution in [0.2, 0.25) is 0 Å². The van der Waals surface area contributed by atoms with Crippen LogP contribution in [0.1, 0.15) is 66.2 Å². The molecule has 3 unspecified atom stereocenters. The molecule has 21 heavy (non-hydrogen) atoms. The van der Waals surface area contributed by atoms with Crippen LogP contribution in [-0.2, 0) is 0 Å². The number of hydrogen-bond donors (Lipinski definition) is 1. The van der Waals surface area contributed by atoms with Crippen LogP contribution in [0, 0.1) is 23.7 Å². The molecule has 0 radical (unpaired) electrons. The maximum absolute atomic E-state index is 3.78. The summed E-state index contributed by atoms with van der Waals surface area (Å²) in [5, 5.41) is 3.78. The van der Waals surface area contributed by atoms with Gasteiger partial charge in [-0.05, 0) is 75.3 Å². The van der Waals surface area contributed by atoms with Gasteiger partial charge in [0.05, 0.1) is 0 Å². The van der Waals surface area contributed by atoms with Gasteiger partial charge in [0.15, 0.2) is 0 Å². The van der Waals surface area contributed by atoms with Crippen molar-refractivity contribution in [3.63, 3.8) is 0 Å². The third kappa shape index (κ3) is 5.56. The van der Waals surface area contributed by atoms with Gasteiger partial charge in [0.2, 0.25) is 0 Å². The molecule has 0 heterocycles. The topological polar surface area (TPSA) is 15.3 Å². The van der Waals surface area contributed by atoms with Crippen LogP contribution in [0.25, 0.3) is 0 Å². The monoisotopic (exact) mass is 294 g/mol. The van der Waals surface area contributed by atoms with Gasteiger partial charge in [0.25, 0.3) is 0 Å². The summed E-state index contributed by atoms with van der Waals surface area (Å²) in [7, 11) is 0. The van der Waals surface area contributed by atoms with Crippen molar-refractivity contribution in [2.75, 3.05) is 26.2 Å². The third-order valence-electron chi connectivity index (χ3n) is 5.68. The molecule has 0 aromatic rings.